The molecule has 1 unspecified atom stereocenters. The Labute approximate surface area is 128 Å². The predicted octanol–water partition coefficient (Wildman–Crippen LogP) is 1.94. The first-order valence-corrected chi connectivity index (χ1v) is 8.18. The lowest BCUT2D eigenvalue weighted by atomic mass is 10.1. The van der Waals surface area contributed by atoms with Crippen LogP contribution in [0.4, 0.5) is 5.69 Å². The van der Waals surface area contributed by atoms with Gasteiger partial charge in [-0.25, -0.2) is 13.1 Å². The molecule has 0 aliphatic rings. The second kappa shape index (κ2) is 7.69. The highest BCUT2D eigenvalue weighted by molar-refractivity contribution is 7.89. The van der Waals surface area contributed by atoms with Crippen molar-refractivity contribution in [3.8, 4) is 0 Å². The molecular weight excluding hydrogens is 320 g/mol. The van der Waals surface area contributed by atoms with Gasteiger partial charge in [-0.1, -0.05) is 18.5 Å². The first-order valence-electron chi connectivity index (χ1n) is 6.32. The molecule has 0 saturated carbocycles. The number of nitrogens with zero attached hydrogens (tertiary/aromatic N) is 1. The zero-order valence-corrected chi connectivity index (χ0v) is 13.0. The van der Waals surface area contributed by atoms with Gasteiger partial charge in [0.1, 0.15) is 4.90 Å². The standard InChI is InChI=1S/C12H17ClN2O5S/c1-9(8-16)3-2-6-14-21(19,20)12-7-10(15(17)18)4-5-11(12)13/h4-5,7,9,14,16H,2-3,6,8H2,1H3. The minimum atomic E-state index is -3.90. The van der Waals surface area contributed by atoms with E-state index in [1.54, 1.807) is 0 Å². The molecule has 0 aliphatic heterocycles. The lowest BCUT2D eigenvalue weighted by Gasteiger charge is -2.10. The van der Waals surface area contributed by atoms with Gasteiger partial charge in [-0.3, -0.25) is 10.1 Å². The monoisotopic (exact) mass is 336 g/mol. The highest BCUT2D eigenvalue weighted by Crippen LogP contribution is 2.25. The van der Waals surface area contributed by atoms with Crippen molar-refractivity contribution in [1.29, 1.82) is 0 Å². The summed E-state index contributed by atoms with van der Waals surface area (Å²) in [5.74, 6) is 0.0934. The number of nitrogens with one attached hydrogen (secondary N) is 1. The van der Waals surface area contributed by atoms with Crippen molar-refractivity contribution in [1.82, 2.24) is 4.72 Å². The molecule has 0 aliphatic carbocycles. The predicted molar refractivity (Wildman–Crippen MR) is 78.8 cm³/mol. The molecule has 0 heterocycles. The molecule has 1 atom stereocenters. The van der Waals surface area contributed by atoms with E-state index in [0.29, 0.717) is 12.8 Å². The van der Waals surface area contributed by atoms with E-state index in [1.807, 2.05) is 6.92 Å². The molecule has 1 rings (SSSR count). The second-order valence-corrected chi connectivity index (χ2v) is 6.84. The van der Waals surface area contributed by atoms with Gasteiger partial charge in [0, 0.05) is 25.3 Å². The Hall–Kier alpha value is -1.22. The van der Waals surface area contributed by atoms with Gasteiger partial charge in [0.2, 0.25) is 10.0 Å². The molecule has 0 aromatic heterocycles. The van der Waals surface area contributed by atoms with E-state index in [2.05, 4.69) is 4.72 Å². The fraction of sp³-hybridized carbons (Fsp3) is 0.500. The molecule has 0 spiro atoms. The van der Waals surface area contributed by atoms with Crippen molar-refractivity contribution >= 4 is 27.3 Å². The van der Waals surface area contributed by atoms with Crippen LogP contribution in [-0.2, 0) is 10.0 Å². The van der Waals surface area contributed by atoms with Crippen molar-refractivity contribution in [2.24, 2.45) is 5.92 Å². The summed E-state index contributed by atoms with van der Waals surface area (Å²) in [5.41, 5.74) is -0.339. The number of halogens is 1. The molecule has 0 amide bonds. The zero-order valence-electron chi connectivity index (χ0n) is 11.5. The van der Waals surface area contributed by atoms with E-state index in [-0.39, 0.29) is 34.7 Å². The molecule has 21 heavy (non-hydrogen) atoms. The highest BCUT2D eigenvalue weighted by Gasteiger charge is 2.21. The summed E-state index contributed by atoms with van der Waals surface area (Å²) in [7, 11) is -3.90. The van der Waals surface area contributed by atoms with E-state index >= 15 is 0 Å². The maximum atomic E-state index is 12.1. The maximum Gasteiger partial charge on any atom is 0.270 e. The van der Waals surface area contributed by atoms with Crippen LogP contribution in [0, 0.1) is 16.0 Å². The number of benzene rings is 1. The average Bonchev–Trinajstić information content (AvgIpc) is 2.43. The summed E-state index contributed by atoms with van der Waals surface area (Å²) in [6.07, 6.45) is 1.22. The highest BCUT2D eigenvalue weighted by atomic mass is 35.5. The first kappa shape index (κ1) is 17.8. The van der Waals surface area contributed by atoms with Crippen LogP contribution in [0.3, 0.4) is 0 Å². The minimum absolute atomic E-state index is 0.0451. The molecule has 0 fully saturated rings. The average molecular weight is 337 g/mol. The van der Waals surface area contributed by atoms with Crippen LogP contribution >= 0.6 is 11.6 Å². The van der Waals surface area contributed by atoms with Crippen LogP contribution in [-0.4, -0.2) is 31.6 Å². The third-order valence-corrected chi connectivity index (χ3v) is 4.84. The van der Waals surface area contributed by atoms with Gasteiger partial charge in [-0.05, 0) is 24.8 Å². The molecular formula is C12H17ClN2O5S. The van der Waals surface area contributed by atoms with Crippen molar-refractivity contribution in [3.63, 3.8) is 0 Å². The van der Waals surface area contributed by atoms with Crippen molar-refractivity contribution in [2.75, 3.05) is 13.2 Å². The smallest absolute Gasteiger partial charge is 0.270 e. The molecule has 0 saturated heterocycles. The Bertz CT molecular complexity index is 606. The largest absolute Gasteiger partial charge is 0.396 e. The Morgan fingerprint density at radius 2 is 2.14 bits per heavy atom. The van der Waals surface area contributed by atoms with E-state index in [0.717, 1.165) is 12.1 Å². The van der Waals surface area contributed by atoms with Crippen molar-refractivity contribution < 1.29 is 18.4 Å². The summed E-state index contributed by atoms with van der Waals surface area (Å²) in [6.45, 7) is 2.07. The van der Waals surface area contributed by atoms with Gasteiger partial charge >= 0.3 is 0 Å². The SMILES string of the molecule is CC(CO)CCCNS(=O)(=O)c1cc([N+](=O)[O-])ccc1Cl. The third kappa shape index (κ3) is 5.24. The number of nitro groups is 1. The quantitative estimate of drug-likeness (QED) is 0.428. The van der Waals surface area contributed by atoms with Gasteiger partial charge in [0.05, 0.1) is 9.95 Å². The Kier molecular flexibility index (Phi) is 6.53. The molecule has 0 bridgehead atoms. The van der Waals surface area contributed by atoms with E-state index in [1.165, 1.54) is 6.07 Å². The number of hydrogen-bond acceptors (Lipinski definition) is 5. The first-order chi connectivity index (χ1) is 9.77. The summed E-state index contributed by atoms with van der Waals surface area (Å²) < 4.78 is 26.5. The second-order valence-electron chi connectivity index (χ2n) is 4.70. The van der Waals surface area contributed by atoms with Gasteiger partial charge < -0.3 is 5.11 Å². The molecule has 0 radical (unpaired) electrons. The van der Waals surface area contributed by atoms with E-state index < -0.39 is 14.9 Å². The fourth-order valence-electron chi connectivity index (χ4n) is 1.64. The molecule has 9 heteroatoms. The fourth-order valence-corrected chi connectivity index (χ4v) is 3.23. The lowest BCUT2D eigenvalue weighted by molar-refractivity contribution is -0.385. The van der Waals surface area contributed by atoms with Crippen LogP contribution in [0.15, 0.2) is 23.1 Å². The van der Waals surface area contributed by atoms with Crippen LogP contribution in [0.2, 0.25) is 5.02 Å². The van der Waals surface area contributed by atoms with E-state index in [9.17, 15) is 18.5 Å². The number of sulfonamides is 1. The summed E-state index contributed by atoms with van der Waals surface area (Å²) in [6, 6.07) is 3.26. The maximum absolute atomic E-state index is 12.1. The summed E-state index contributed by atoms with van der Waals surface area (Å²) in [5, 5.41) is 19.5. The number of rotatable bonds is 8. The number of aliphatic hydroxyl groups excluding tert-OH is 1. The molecule has 2 N–H and O–H groups in total. The third-order valence-electron chi connectivity index (χ3n) is 2.89. The molecule has 1 aromatic rings. The number of non-ortho nitro benzene ring substituents is 1. The lowest BCUT2D eigenvalue weighted by Crippen LogP contribution is -2.25. The van der Waals surface area contributed by atoms with Crippen LogP contribution in [0.25, 0.3) is 0 Å². The number of nitro benzene ring substituents is 1. The topological polar surface area (TPSA) is 110 Å². The Morgan fingerprint density at radius 3 is 2.71 bits per heavy atom. The van der Waals surface area contributed by atoms with Crippen molar-refractivity contribution in [2.45, 2.75) is 24.7 Å². The normalized spacial score (nSPS) is 13.1. The molecule has 7 nitrogen and oxygen atoms in total. The van der Waals surface area contributed by atoms with E-state index in [4.69, 9.17) is 16.7 Å². The number of aliphatic hydroxyl groups is 1. The van der Waals surface area contributed by atoms with Gasteiger partial charge in [-0.2, -0.15) is 0 Å². The number of hydrogen-bond donors (Lipinski definition) is 2. The Morgan fingerprint density at radius 1 is 1.48 bits per heavy atom. The zero-order chi connectivity index (χ0) is 16.0. The van der Waals surface area contributed by atoms with Crippen LogP contribution < -0.4 is 4.72 Å². The van der Waals surface area contributed by atoms with Gasteiger partial charge in [0.25, 0.3) is 5.69 Å². The van der Waals surface area contributed by atoms with Crippen LogP contribution in [0.1, 0.15) is 19.8 Å². The van der Waals surface area contributed by atoms with Crippen LogP contribution in [0.5, 0.6) is 0 Å². The molecule has 118 valence electrons. The summed E-state index contributed by atoms with van der Waals surface area (Å²) in [4.78, 5) is 9.69. The summed E-state index contributed by atoms with van der Waals surface area (Å²) >= 11 is 5.80. The van der Waals surface area contributed by atoms with Gasteiger partial charge in [-0.15, -0.1) is 0 Å². The minimum Gasteiger partial charge on any atom is -0.396 e. The molecule has 1 aromatic carbocycles. The van der Waals surface area contributed by atoms with Gasteiger partial charge in [0.15, 0.2) is 0 Å². The van der Waals surface area contributed by atoms with Crippen molar-refractivity contribution in [3.05, 3.63) is 33.3 Å². The Balaban J connectivity index is 2.78.